The van der Waals surface area contributed by atoms with Gasteiger partial charge in [-0.25, -0.2) is 0 Å². The molecule has 2 rings (SSSR count). The van der Waals surface area contributed by atoms with Crippen molar-refractivity contribution in [1.29, 1.82) is 0 Å². The molecule has 1 N–H and O–H groups in total. The first-order chi connectivity index (χ1) is 8.75. The fourth-order valence-corrected chi connectivity index (χ4v) is 3.56. The van der Waals surface area contributed by atoms with Crippen LogP contribution in [0.15, 0.2) is 46.3 Å². The minimum atomic E-state index is -0.233. The van der Waals surface area contributed by atoms with Gasteiger partial charge in [-0.05, 0) is 52.2 Å². The maximum atomic E-state index is 10.0. The molecule has 3 heteroatoms. The van der Waals surface area contributed by atoms with E-state index in [0.717, 1.165) is 30.2 Å². The number of aliphatic hydroxyl groups excluding tert-OH is 1. The Morgan fingerprint density at radius 1 is 1.17 bits per heavy atom. The van der Waals surface area contributed by atoms with Gasteiger partial charge >= 0.3 is 0 Å². The summed E-state index contributed by atoms with van der Waals surface area (Å²) >= 11 is 5.20. The second kappa shape index (κ2) is 7.07. The molecule has 0 bridgehead atoms. The summed E-state index contributed by atoms with van der Waals surface area (Å²) in [6, 6.07) is 12.5. The zero-order valence-corrected chi connectivity index (χ0v) is 12.6. The van der Waals surface area contributed by atoms with E-state index in [1.54, 1.807) is 11.3 Å². The zero-order chi connectivity index (χ0) is 12.8. The van der Waals surface area contributed by atoms with Gasteiger partial charge < -0.3 is 5.11 Å². The number of aryl methyl sites for hydroxylation is 1. The van der Waals surface area contributed by atoms with Crippen LogP contribution in [0.5, 0.6) is 0 Å². The van der Waals surface area contributed by atoms with E-state index in [4.69, 9.17) is 0 Å². The minimum Gasteiger partial charge on any atom is -0.393 e. The number of aliphatic hydroxyl groups is 1. The van der Waals surface area contributed by atoms with Gasteiger partial charge in [0.05, 0.1) is 6.10 Å². The highest BCUT2D eigenvalue weighted by atomic mass is 79.9. The lowest BCUT2D eigenvalue weighted by atomic mass is 10.0. The number of halogens is 1. The number of rotatable bonds is 6. The largest absolute Gasteiger partial charge is 0.393 e. The first kappa shape index (κ1) is 13.8. The van der Waals surface area contributed by atoms with Gasteiger partial charge in [-0.1, -0.05) is 30.3 Å². The molecule has 0 radical (unpaired) electrons. The van der Waals surface area contributed by atoms with Crippen LogP contribution in [0.1, 0.15) is 23.3 Å². The fourth-order valence-electron chi connectivity index (χ4n) is 1.97. The van der Waals surface area contributed by atoms with E-state index >= 15 is 0 Å². The van der Waals surface area contributed by atoms with E-state index in [2.05, 4.69) is 45.6 Å². The quantitative estimate of drug-likeness (QED) is 0.833. The van der Waals surface area contributed by atoms with Gasteiger partial charge in [-0.3, -0.25) is 0 Å². The lowest BCUT2D eigenvalue weighted by Gasteiger charge is -2.09. The molecule has 0 aliphatic carbocycles. The van der Waals surface area contributed by atoms with Crippen molar-refractivity contribution in [2.24, 2.45) is 0 Å². The molecule has 2 aromatic rings. The lowest BCUT2D eigenvalue weighted by Crippen LogP contribution is -2.10. The van der Waals surface area contributed by atoms with Crippen molar-refractivity contribution in [3.63, 3.8) is 0 Å². The lowest BCUT2D eigenvalue weighted by molar-refractivity contribution is 0.163. The molecule has 1 unspecified atom stereocenters. The monoisotopic (exact) mass is 324 g/mol. The maximum Gasteiger partial charge on any atom is 0.0589 e. The molecule has 0 saturated carbocycles. The minimum absolute atomic E-state index is 0.233. The number of benzene rings is 1. The molecular formula is C15H17BrOS. The van der Waals surface area contributed by atoms with Crippen LogP contribution in [0.2, 0.25) is 0 Å². The molecular weight excluding hydrogens is 308 g/mol. The van der Waals surface area contributed by atoms with Crippen molar-refractivity contribution < 1.29 is 5.11 Å². The Morgan fingerprint density at radius 3 is 2.61 bits per heavy atom. The molecule has 1 nitrogen and oxygen atoms in total. The molecule has 96 valence electrons. The molecule has 0 aliphatic heterocycles. The predicted octanol–water partition coefficient (Wildman–Crippen LogP) is 4.44. The highest BCUT2D eigenvalue weighted by Gasteiger charge is 2.09. The smallest absolute Gasteiger partial charge is 0.0589 e. The number of hydrogen-bond donors (Lipinski definition) is 1. The van der Waals surface area contributed by atoms with E-state index in [-0.39, 0.29) is 6.10 Å². The standard InChI is InChI=1S/C15H17BrOS/c16-14-9-10-18-15(14)11-13(17)8-4-7-12-5-2-1-3-6-12/h1-3,5-6,9-10,13,17H,4,7-8,11H2. The average Bonchev–Trinajstić information content (AvgIpc) is 2.76. The molecule has 1 heterocycles. The van der Waals surface area contributed by atoms with Crippen molar-refractivity contribution >= 4 is 27.3 Å². The third-order valence-electron chi connectivity index (χ3n) is 2.96. The Hall–Kier alpha value is -0.640. The van der Waals surface area contributed by atoms with Crippen LogP contribution in [-0.2, 0) is 12.8 Å². The van der Waals surface area contributed by atoms with Gasteiger partial charge in [-0.15, -0.1) is 11.3 Å². The molecule has 0 saturated heterocycles. The van der Waals surface area contributed by atoms with Crippen LogP contribution in [0.25, 0.3) is 0 Å². The van der Waals surface area contributed by atoms with E-state index in [1.807, 2.05) is 12.1 Å². The summed E-state index contributed by atoms with van der Waals surface area (Å²) in [5, 5.41) is 12.1. The fraction of sp³-hybridized carbons (Fsp3) is 0.333. The molecule has 18 heavy (non-hydrogen) atoms. The molecule has 1 aromatic carbocycles. The predicted molar refractivity (Wildman–Crippen MR) is 81.1 cm³/mol. The van der Waals surface area contributed by atoms with Crippen LogP contribution < -0.4 is 0 Å². The Kier molecular flexibility index (Phi) is 5.42. The summed E-state index contributed by atoms with van der Waals surface area (Å²) in [7, 11) is 0. The summed E-state index contributed by atoms with van der Waals surface area (Å²) < 4.78 is 1.12. The van der Waals surface area contributed by atoms with Gasteiger partial charge in [-0.2, -0.15) is 0 Å². The molecule has 0 amide bonds. The molecule has 0 fully saturated rings. The van der Waals surface area contributed by atoms with Gasteiger partial charge in [0.1, 0.15) is 0 Å². The Morgan fingerprint density at radius 2 is 1.94 bits per heavy atom. The van der Waals surface area contributed by atoms with Crippen molar-refractivity contribution in [3.8, 4) is 0 Å². The molecule has 0 aliphatic rings. The SMILES string of the molecule is OC(CCCc1ccccc1)Cc1sccc1Br. The summed E-state index contributed by atoms with van der Waals surface area (Å²) in [6.07, 6.45) is 3.47. The summed E-state index contributed by atoms with van der Waals surface area (Å²) in [6.45, 7) is 0. The van der Waals surface area contributed by atoms with Crippen molar-refractivity contribution in [1.82, 2.24) is 0 Å². The van der Waals surface area contributed by atoms with E-state index in [1.165, 1.54) is 10.4 Å². The van der Waals surface area contributed by atoms with E-state index < -0.39 is 0 Å². The van der Waals surface area contributed by atoms with Gasteiger partial charge in [0.15, 0.2) is 0 Å². The first-order valence-electron chi connectivity index (χ1n) is 6.19. The van der Waals surface area contributed by atoms with Crippen molar-refractivity contribution in [3.05, 3.63) is 56.7 Å². The van der Waals surface area contributed by atoms with Crippen LogP contribution >= 0.6 is 27.3 Å². The summed E-state index contributed by atoms with van der Waals surface area (Å²) in [4.78, 5) is 1.24. The molecule has 0 spiro atoms. The first-order valence-corrected chi connectivity index (χ1v) is 7.87. The van der Waals surface area contributed by atoms with Crippen LogP contribution in [-0.4, -0.2) is 11.2 Å². The third kappa shape index (κ3) is 4.23. The zero-order valence-electron chi connectivity index (χ0n) is 10.2. The van der Waals surface area contributed by atoms with Crippen LogP contribution in [0.3, 0.4) is 0 Å². The number of thiophene rings is 1. The van der Waals surface area contributed by atoms with Gasteiger partial charge in [0.2, 0.25) is 0 Å². The summed E-state index contributed by atoms with van der Waals surface area (Å²) in [5.41, 5.74) is 1.35. The molecule has 1 atom stereocenters. The topological polar surface area (TPSA) is 20.2 Å². The van der Waals surface area contributed by atoms with Crippen molar-refractivity contribution in [2.45, 2.75) is 31.8 Å². The second-order valence-corrected chi connectivity index (χ2v) is 6.28. The molecule has 1 aromatic heterocycles. The maximum absolute atomic E-state index is 10.0. The van der Waals surface area contributed by atoms with Crippen LogP contribution in [0.4, 0.5) is 0 Å². The second-order valence-electron chi connectivity index (χ2n) is 4.43. The average molecular weight is 325 g/mol. The highest BCUT2D eigenvalue weighted by Crippen LogP contribution is 2.24. The van der Waals surface area contributed by atoms with Gasteiger partial charge in [0, 0.05) is 15.8 Å². The Labute approximate surface area is 121 Å². The number of hydrogen-bond acceptors (Lipinski definition) is 2. The van der Waals surface area contributed by atoms with Gasteiger partial charge in [0.25, 0.3) is 0 Å². The normalized spacial score (nSPS) is 12.6. The Bertz CT molecular complexity index is 466. The summed E-state index contributed by atoms with van der Waals surface area (Å²) in [5.74, 6) is 0. The van der Waals surface area contributed by atoms with E-state index in [0.29, 0.717) is 0 Å². The third-order valence-corrected chi connectivity index (χ3v) is 4.91. The highest BCUT2D eigenvalue weighted by molar-refractivity contribution is 9.10. The van der Waals surface area contributed by atoms with Crippen molar-refractivity contribution in [2.75, 3.05) is 0 Å². The van der Waals surface area contributed by atoms with Crippen LogP contribution in [0, 0.1) is 0 Å². The van der Waals surface area contributed by atoms with E-state index in [9.17, 15) is 5.11 Å². The Balaban J connectivity index is 1.72.